The predicted octanol–water partition coefficient (Wildman–Crippen LogP) is 0.417. The van der Waals surface area contributed by atoms with Gasteiger partial charge in [0.2, 0.25) is 0 Å². The second kappa shape index (κ2) is 3.82. The number of amidine groups is 1. The standard InChI is InChI=1S/C8H10N4O2/c1-5-4-9-7(13)10-6(5)11-8(14)12(2)3/h4H,1H2,2-3H3,(H,10,11,13,14). The molecule has 0 fully saturated rings. The SMILES string of the molecule is C=C1C=NC(=O)NC1=NC(=O)N(C)C. The smallest absolute Gasteiger partial charge is 0.329 e. The number of hydrogen-bond donors (Lipinski definition) is 1. The second-order valence-corrected chi connectivity index (χ2v) is 2.85. The molecule has 0 aromatic rings. The molecule has 0 saturated heterocycles. The van der Waals surface area contributed by atoms with Crippen molar-refractivity contribution in [3.8, 4) is 0 Å². The maximum Gasteiger partial charge on any atom is 0.346 e. The van der Waals surface area contributed by atoms with Crippen LogP contribution in [-0.2, 0) is 0 Å². The van der Waals surface area contributed by atoms with Crippen LogP contribution in [0.1, 0.15) is 0 Å². The van der Waals surface area contributed by atoms with E-state index < -0.39 is 12.1 Å². The average molecular weight is 194 g/mol. The highest BCUT2D eigenvalue weighted by Gasteiger charge is 2.14. The molecule has 0 aliphatic carbocycles. The van der Waals surface area contributed by atoms with Crippen molar-refractivity contribution in [2.24, 2.45) is 9.98 Å². The van der Waals surface area contributed by atoms with E-state index in [1.54, 1.807) is 14.1 Å². The van der Waals surface area contributed by atoms with Gasteiger partial charge in [0.15, 0.2) is 0 Å². The molecule has 0 unspecified atom stereocenters. The number of aliphatic imine (C=N–C) groups is 2. The highest BCUT2D eigenvalue weighted by Crippen LogP contribution is 1.98. The zero-order valence-electron chi connectivity index (χ0n) is 7.94. The molecule has 1 aliphatic heterocycles. The minimum atomic E-state index is -0.553. The van der Waals surface area contributed by atoms with E-state index in [1.165, 1.54) is 11.1 Å². The van der Waals surface area contributed by atoms with Crippen molar-refractivity contribution in [1.82, 2.24) is 10.2 Å². The van der Waals surface area contributed by atoms with Crippen LogP contribution in [0.25, 0.3) is 0 Å². The summed E-state index contributed by atoms with van der Waals surface area (Å²) >= 11 is 0. The fourth-order valence-corrected chi connectivity index (χ4v) is 0.707. The Labute approximate surface area is 81.0 Å². The Morgan fingerprint density at radius 2 is 2.29 bits per heavy atom. The van der Waals surface area contributed by atoms with Crippen molar-refractivity contribution < 1.29 is 9.59 Å². The Kier molecular flexibility index (Phi) is 2.76. The van der Waals surface area contributed by atoms with Crippen LogP contribution < -0.4 is 5.32 Å². The molecule has 14 heavy (non-hydrogen) atoms. The number of carbonyl (C=O) groups excluding carboxylic acids is 2. The molecule has 4 amide bonds. The Balaban J connectivity index is 2.88. The molecule has 0 aromatic heterocycles. The Hall–Kier alpha value is -1.98. The Morgan fingerprint density at radius 1 is 1.64 bits per heavy atom. The number of hydrogen-bond acceptors (Lipinski definition) is 2. The van der Waals surface area contributed by atoms with Crippen LogP contribution in [0.2, 0.25) is 0 Å². The summed E-state index contributed by atoms with van der Waals surface area (Å²) in [5.41, 5.74) is 0.403. The van der Waals surface area contributed by atoms with Crippen molar-refractivity contribution in [1.29, 1.82) is 0 Å². The van der Waals surface area contributed by atoms with Gasteiger partial charge in [0.1, 0.15) is 5.84 Å². The minimum absolute atomic E-state index is 0.142. The van der Waals surface area contributed by atoms with E-state index in [-0.39, 0.29) is 5.84 Å². The third-order valence-electron chi connectivity index (χ3n) is 1.46. The van der Waals surface area contributed by atoms with Gasteiger partial charge in [-0.25, -0.2) is 14.6 Å². The lowest BCUT2D eigenvalue weighted by atomic mass is 10.3. The molecule has 0 atom stereocenters. The number of nitrogens with zero attached hydrogens (tertiary/aromatic N) is 3. The summed E-state index contributed by atoms with van der Waals surface area (Å²) in [6, 6.07) is -1.01. The third kappa shape index (κ3) is 2.25. The van der Waals surface area contributed by atoms with Gasteiger partial charge in [-0.2, -0.15) is 4.99 Å². The average Bonchev–Trinajstić information content (AvgIpc) is 2.11. The summed E-state index contributed by atoms with van der Waals surface area (Å²) in [4.78, 5) is 30.4. The molecule has 0 bridgehead atoms. The monoisotopic (exact) mass is 194 g/mol. The van der Waals surface area contributed by atoms with Gasteiger partial charge in [0.05, 0.1) is 0 Å². The number of carbonyl (C=O) groups is 2. The first kappa shape index (κ1) is 10.1. The van der Waals surface area contributed by atoms with Crippen LogP contribution in [-0.4, -0.2) is 43.1 Å². The summed E-state index contributed by atoms with van der Waals surface area (Å²) in [5.74, 6) is 0.142. The van der Waals surface area contributed by atoms with Crippen LogP contribution in [0.3, 0.4) is 0 Å². The maximum absolute atomic E-state index is 11.2. The molecule has 1 heterocycles. The summed E-state index contributed by atoms with van der Waals surface area (Å²) in [7, 11) is 3.13. The number of amides is 4. The minimum Gasteiger partial charge on any atom is -0.329 e. The van der Waals surface area contributed by atoms with E-state index in [1.807, 2.05) is 0 Å². The van der Waals surface area contributed by atoms with Crippen molar-refractivity contribution in [3.63, 3.8) is 0 Å². The van der Waals surface area contributed by atoms with Gasteiger partial charge in [-0.3, -0.25) is 5.32 Å². The zero-order valence-corrected chi connectivity index (χ0v) is 7.94. The molecular formula is C8H10N4O2. The van der Waals surface area contributed by atoms with Crippen molar-refractivity contribution in [2.45, 2.75) is 0 Å². The number of rotatable bonds is 0. The molecule has 1 N–H and O–H groups in total. The van der Waals surface area contributed by atoms with Crippen LogP contribution in [0.4, 0.5) is 9.59 Å². The highest BCUT2D eigenvalue weighted by molar-refractivity contribution is 6.25. The molecule has 6 heteroatoms. The van der Waals surface area contributed by atoms with Gasteiger partial charge in [0, 0.05) is 25.9 Å². The van der Waals surface area contributed by atoms with Gasteiger partial charge < -0.3 is 4.90 Å². The molecular weight excluding hydrogens is 184 g/mol. The van der Waals surface area contributed by atoms with Gasteiger partial charge in [0.25, 0.3) is 0 Å². The van der Waals surface area contributed by atoms with Gasteiger partial charge >= 0.3 is 12.1 Å². The summed E-state index contributed by atoms with van der Waals surface area (Å²) in [6.45, 7) is 3.58. The normalized spacial score (nSPS) is 18.3. The van der Waals surface area contributed by atoms with Crippen LogP contribution >= 0.6 is 0 Å². The fourth-order valence-electron chi connectivity index (χ4n) is 0.707. The summed E-state index contributed by atoms with van der Waals surface area (Å²) < 4.78 is 0. The predicted molar refractivity (Wildman–Crippen MR) is 52.7 cm³/mol. The Bertz CT molecular complexity index is 354. The maximum atomic E-state index is 11.2. The molecule has 6 nitrogen and oxygen atoms in total. The fraction of sp³-hybridized carbons (Fsp3) is 0.250. The van der Waals surface area contributed by atoms with E-state index in [0.29, 0.717) is 5.57 Å². The van der Waals surface area contributed by atoms with E-state index in [0.717, 1.165) is 0 Å². The van der Waals surface area contributed by atoms with Crippen molar-refractivity contribution in [2.75, 3.05) is 14.1 Å². The van der Waals surface area contributed by atoms with E-state index >= 15 is 0 Å². The third-order valence-corrected chi connectivity index (χ3v) is 1.46. The first-order valence-corrected chi connectivity index (χ1v) is 3.85. The quantitative estimate of drug-likeness (QED) is 0.606. The Morgan fingerprint density at radius 3 is 2.86 bits per heavy atom. The van der Waals surface area contributed by atoms with Gasteiger partial charge in [-0.15, -0.1) is 0 Å². The lowest BCUT2D eigenvalue weighted by Gasteiger charge is -2.11. The second-order valence-electron chi connectivity index (χ2n) is 2.85. The molecule has 1 rings (SSSR count). The molecule has 0 aromatic carbocycles. The van der Waals surface area contributed by atoms with E-state index in [2.05, 4.69) is 21.9 Å². The first-order chi connectivity index (χ1) is 6.50. The topological polar surface area (TPSA) is 74.1 Å². The largest absolute Gasteiger partial charge is 0.346 e. The highest BCUT2D eigenvalue weighted by atomic mass is 16.2. The molecule has 0 spiro atoms. The number of urea groups is 2. The molecule has 0 radical (unpaired) electrons. The van der Waals surface area contributed by atoms with Crippen LogP contribution in [0, 0.1) is 0 Å². The lowest BCUT2D eigenvalue weighted by molar-refractivity contribution is 0.227. The van der Waals surface area contributed by atoms with E-state index in [4.69, 9.17) is 0 Å². The molecule has 1 aliphatic rings. The molecule has 74 valence electrons. The van der Waals surface area contributed by atoms with Crippen molar-refractivity contribution >= 4 is 24.1 Å². The number of nitrogens with one attached hydrogen (secondary N) is 1. The van der Waals surface area contributed by atoms with E-state index in [9.17, 15) is 9.59 Å². The van der Waals surface area contributed by atoms with Crippen LogP contribution in [0.15, 0.2) is 22.1 Å². The summed E-state index contributed by atoms with van der Waals surface area (Å²) in [5, 5.41) is 2.32. The molecule has 0 saturated carbocycles. The van der Waals surface area contributed by atoms with Gasteiger partial charge in [-0.1, -0.05) is 6.58 Å². The van der Waals surface area contributed by atoms with Crippen molar-refractivity contribution in [3.05, 3.63) is 12.2 Å². The van der Waals surface area contributed by atoms with Crippen LogP contribution in [0.5, 0.6) is 0 Å². The summed E-state index contributed by atoms with van der Waals surface area (Å²) in [6.07, 6.45) is 1.26. The lowest BCUT2D eigenvalue weighted by Crippen LogP contribution is -2.35. The first-order valence-electron chi connectivity index (χ1n) is 3.85. The zero-order chi connectivity index (χ0) is 10.7. The van der Waals surface area contributed by atoms with Gasteiger partial charge in [-0.05, 0) is 0 Å².